The van der Waals surface area contributed by atoms with Crippen molar-refractivity contribution in [1.82, 2.24) is 15.6 Å². The summed E-state index contributed by atoms with van der Waals surface area (Å²) in [4.78, 5) is 10.2. The van der Waals surface area contributed by atoms with Crippen molar-refractivity contribution in [3.05, 3.63) is 46.4 Å². The van der Waals surface area contributed by atoms with Crippen LogP contribution in [0.3, 0.4) is 0 Å². The van der Waals surface area contributed by atoms with E-state index in [-0.39, 0.29) is 24.0 Å². The predicted molar refractivity (Wildman–Crippen MR) is 122 cm³/mol. The highest BCUT2D eigenvalue weighted by Gasteiger charge is 2.06. The van der Waals surface area contributed by atoms with Crippen molar-refractivity contribution in [3.8, 4) is 0 Å². The molecule has 1 aromatic heterocycles. The monoisotopic (exact) mass is 490 g/mol. The summed E-state index contributed by atoms with van der Waals surface area (Å²) >= 11 is 3.59. The molecule has 4 nitrogen and oxygen atoms in total. The Morgan fingerprint density at radius 1 is 1.20 bits per heavy atom. The average Bonchev–Trinajstić information content (AvgIpc) is 3.07. The zero-order valence-electron chi connectivity index (χ0n) is 15.0. The maximum atomic E-state index is 4.66. The van der Waals surface area contributed by atoms with Gasteiger partial charge in [-0.1, -0.05) is 32.0 Å². The standard InChI is InChI=1S/C18H26N4S2.HI/c1-14(2)17-22-15(13-24-17)9-10-20-18(19-3)21-11-12-23-16-7-5-4-6-8-16;/h4-8,13-14H,9-12H2,1-3H3,(H2,19,20,21);1H. The lowest BCUT2D eigenvalue weighted by Crippen LogP contribution is -2.39. The number of guanidine groups is 1. The Balaban J connectivity index is 0.00000312. The molecule has 2 aromatic rings. The number of nitrogens with one attached hydrogen (secondary N) is 2. The third kappa shape index (κ3) is 8.42. The van der Waals surface area contributed by atoms with E-state index in [1.807, 2.05) is 17.8 Å². The van der Waals surface area contributed by atoms with Crippen LogP contribution in [0.4, 0.5) is 0 Å². The second-order valence-corrected chi connectivity index (χ2v) is 7.73. The van der Waals surface area contributed by atoms with Gasteiger partial charge in [-0.05, 0) is 12.1 Å². The quantitative estimate of drug-likeness (QED) is 0.190. The highest BCUT2D eigenvalue weighted by atomic mass is 127. The Hall–Kier alpha value is -0.800. The van der Waals surface area contributed by atoms with Gasteiger partial charge in [0.05, 0.1) is 10.7 Å². The van der Waals surface area contributed by atoms with Gasteiger partial charge in [-0.2, -0.15) is 0 Å². The molecule has 0 saturated heterocycles. The fourth-order valence-electron chi connectivity index (χ4n) is 2.09. The second-order valence-electron chi connectivity index (χ2n) is 5.67. The van der Waals surface area contributed by atoms with E-state index < -0.39 is 0 Å². The minimum atomic E-state index is 0. The zero-order chi connectivity index (χ0) is 17.2. The maximum Gasteiger partial charge on any atom is 0.191 e. The average molecular weight is 490 g/mol. The number of hydrogen-bond donors (Lipinski definition) is 2. The molecule has 25 heavy (non-hydrogen) atoms. The molecule has 1 heterocycles. The van der Waals surface area contributed by atoms with Gasteiger partial charge in [0, 0.05) is 48.5 Å². The van der Waals surface area contributed by atoms with Gasteiger partial charge in [-0.15, -0.1) is 47.1 Å². The molecule has 2 rings (SSSR count). The Morgan fingerprint density at radius 3 is 2.56 bits per heavy atom. The molecule has 0 saturated carbocycles. The molecule has 2 N–H and O–H groups in total. The Kier molecular flexibility index (Phi) is 11.2. The van der Waals surface area contributed by atoms with Gasteiger partial charge >= 0.3 is 0 Å². The van der Waals surface area contributed by atoms with Gasteiger partial charge in [0.25, 0.3) is 0 Å². The maximum absolute atomic E-state index is 4.66. The van der Waals surface area contributed by atoms with Crippen LogP contribution in [0.15, 0.2) is 45.6 Å². The van der Waals surface area contributed by atoms with E-state index in [0.717, 1.165) is 36.9 Å². The van der Waals surface area contributed by atoms with Crippen LogP contribution in [-0.4, -0.2) is 36.8 Å². The molecule has 0 unspecified atom stereocenters. The molecule has 138 valence electrons. The third-order valence-corrected chi connectivity index (χ3v) is 5.57. The first-order chi connectivity index (χ1) is 11.7. The van der Waals surface area contributed by atoms with Crippen molar-refractivity contribution in [2.45, 2.75) is 31.1 Å². The van der Waals surface area contributed by atoms with Gasteiger partial charge in [-0.25, -0.2) is 4.98 Å². The van der Waals surface area contributed by atoms with Crippen molar-refractivity contribution in [1.29, 1.82) is 0 Å². The summed E-state index contributed by atoms with van der Waals surface area (Å²) in [7, 11) is 1.80. The van der Waals surface area contributed by atoms with Crippen LogP contribution in [-0.2, 0) is 6.42 Å². The molecule has 0 amide bonds. The van der Waals surface area contributed by atoms with E-state index in [2.05, 4.69) is 64.1 Å². The molecule has 1 aromatic carbocycles. The largest absolute Gasteiger partial charge is 0.356 e. The highest BCUT2D eigenvalue weighted by molar-refractivity contribution is 14.0. The lowest BCUT2D eigenvalue weighted by atomic mass is 10.2. The number of thiazole rings is 1. The SMILES string of the molecule is CN=C(NCCSc1ccccc1)NCCc1csc(C(C)C)n1.I. The Labute approximate surface area is 176 Å². The molecule has 0 aliphatic heterocycles. The number of benzene rings is 1. The van der Waals surface area contributed by atoms with Crippen LogP contribution in [0.2, 0.25) is 0 Å². The lowest BCUT2D eigenvalue weighted by molar-refractivity contribution is 0.787. The van der Waals surface area contributed by atoms with Gasteiger partial charge in [-0.3, -0.25) is 4.99 Å². The molecule has 0 aliphatic rings. The normalized spacial score (nSPS) is 11.3. The van der Waals surface area contributed by atoms with Gasteiger partial charge in [0.1, 0.15) is 0 Å². The Morgan fingerprint density at radius 2 is 1.92 bits per heavy atom. The number of halogens is 1. The van der Waals surface area contributed by atoms with Crippen LogP contribution in [0.1, 0.15) is 30.5 Å². The summed E-state index contributed by atoms with van der Waals surface area (Å²) in [5, 5.41) is 10.1. The number of nitrogens with zero attached hydrogens (tertiary/aromatic N) is 2. The summed E-state index contributed by atoms with van der Waals surface area (Å²) in [6.07, 6.45) is 0.919. The summed E-state index contributed by atoms with van der Waals surface area (Å²) in [6, 6.07) is 10.5. The summed E-state index contributed by atoms with van der Waals surface area (Å²) in [5.41, 5.74) is 1.16. The number of rotatable bonds is 8. The second kappa shape index (κ2) is 12.5. The van der Waals surface area contributed by atoms with Crippen LogP contribution >= 0.6 is 47.1 Å². The van der Waals surface area contributed by atoms with Gasteiger partial charge in [0.2, 0.25) is 0 Å². The molecular formula is C18H27IN4S2. The summed E-state index contributed by atoms with van der Waals surface area (Å²) in [5.74, 6) is 2.37. The smallest absolute Gasteiger partial charge is 0.191 e. The number of aliphatic imine (C=N–C) groups is 1. The molecule has 0 fully saturated rings. The van der Waals surface area contributed by atoms with E-state index in [1.165, 1.54) is 9.90 Å². The van der Waals surface area contributed by atoms with Crippen LogP contribution in [0, 0.1) is 0 Å². The number of hydrogen-bond acceptors (Lipinski definition) is 4. The fraction of sp³-hybridized carbons (Fsp3) is 0.444. The minimum absolute atomic E-state index is 0. The molecule has 0 atom stereocenters. The van der Waals surface area contributed by atoms with Crippen molar-refractivity contribution in [2.75, 3.05) is 25.9 Å². The van der Waals surface area contributed by atoms with E-state index in [4.69, 9.17) is 0 Å². The first kappa shape index (κ1) is 22.2. The van der Waals surface area contributed by atoms with Crippen LogP contribution in [0.5, 0.6) is 0 Å². The highest BCUT2D eigenvalue weighted by Crippen LogP contribution is 2.19. The van der Waals surface area contributed by atoms with Gasteiger partial charge in [0.15, 0.2) is 5.96 Å². The number of thioether (sulfide) groups is 1. The van der Waals surface area contributed by atoms with Crippen molar-refractivity contribution in [3.63, 3.8) is 0 Å². The predicted octanol–water partition coefficient (Wildman–Crippen LogP) is 4.38. The van der Waals surface area contributed by atoms with E-state index in [9.17, 15) is 0 Å². The van der Waals surface area contributed by atoms with E-state index in [0.29, 0.717) is 5.92 Å². The zero-order valence-corrected chi connectivity index (χ0v) is 19.0. The first-order valence-electron chi connectivity index (χ1n) is 8.25. The third-order valence-electron chi connectivity index (χ3n) is 3.37. The molecule has 0 radical (unpaired) electrons. The first-order valence-corrected chi connectivity index (χ1v) is 10.1. The minimum Gasteiger partial charge on any atom is -0.356 e. The molecule has 0 spiro atoms. The molecule has 0 aliphatic carbocycles. The summed E-state index contributed by atoms with van der Waals surface area (Å²) in [6.45, 7) is 6.08. The molecule has 7 heteroatoms. The van der Waals surface area contributed by atoms with Crippen LogP contribution in [0.25, 0.3) is 0 Å². The molecular weight excluding hydrogens is 463 g/mol. The topological polar surface area (TPSA) is 49.3 Å². The van der Waals surface area contributed by atoms with E-state index in [1.54, 1.807) is 18.4 Å². The Bertz CT molecular complexity index is 629. The van der Waals surface area contributed by atoms with Crippen molar-refractivity contribution in [2.24, 2.45) is 4.99 Å². The van der Waals surface area contributed by atoms with Crippen molar-refractivity contribution < 1.29 is 0 Å². The summed E-state index contributed by atoms with van der Waals surface area (Å²) < 4.78 is 0. The van der Waals surface area contributed by atoms with Crippen molar-refractivity contribution >= 4 is 53.0 Å². The lowest BCUT2D eigenvalue weighted by Gasteiger charge is -2.11. The van der Waals surface area contributed by atoms with E-state index >= 15 is 0 Å². The van der Waals surface area contributed by atoms with Crippen LogP contribution < -0.4 is 10.6 Å². The number of aromatic nitrogens is 1. The fourth-order valence-corrected chi connectivity index (χ4v) is 3.75. The van der Waals surface area contributed by atoms with Gasteiger partial charge < -0.3 is 10.6 Å². The molecule has 0 bridgehead atoms.